The van der Waals surface area contributed by atoms with Gasteiger partial charge in [0.15, 0.2) is 0 Å². The smallest absolute Gasteiger partial charge is 0.129 e. The SMILES string of the molecule is COc1ccc(F)cc1-c1nc(C(C)CN)cs1. The maximum atomic E-state index is 13.3. The van der Waals surface area contributed by atoms with Crippen LogP contribution in [0.5, 0.6) is 5.75 Å². The number of halogens is 1. The summed E-state index contributed by atoms with van der Waals surface area (Å²) in [5, 5.41) is 2.71. The molecule has 1 atom stereocenters. The number of methoxy groups -OCH3 is 1. The highest BCUT2D eigenvalue weighted by atomic mass is 32.1. The van der Waals surface area contributed by atoms with Gasteiger partial charge in [0.2, 0.25) is 0 Å². The number of ether oxygens (including phenoxy) is 1. The van der Waals surface area contributed by atoms with Gasteiger partial charge in [0.1, 0.15) is 16.6 Å². The van der Waals surface area contributed by atoms with Gasteiger partial charge in [-0.3, -0.25) is 0 Å². The molecule has 2 N–H and O–H groups in total. The van der Waals surface area contributed by atoms with E-state index in [0.29, 0.717) is 17.9 Å². The van der Waals surface area contributed by atoms with Gasteiger partial charge in [0.25, 0.3) is 0 Å². The van der Waals surface area contributed by atoms with Crippen molar-refractivity contribution >= 4 is 11.3 Å². The van der Waals surface area contributed by atoms with E-state index in [1.165, 1.54) is 23.5 Å². The fraction of sp³-hybridized carbons (Fsp3) is 0.308. The van der Waals surface area contributed by atoms with Gasteiger partial charge in [-0.15, -0.1) is 11.3 Å². The van der Waals surface area contributed by atoms with Crippen molar-refractivity contribution in [2.75, 3.05) is 13.7 Å². The largest absolute Gasteiger partial charge is 0.496 e. The Kier molecular flexibility index (Phi) is 3.93. The third-order valence-electron chi connectivity index (χ3n) is 2.77. The highest BCUT2D eigenvalue weighted by Crippen LogP contribution is 2.33. The number of nitrogens with two attached hydrogens (primary N) is 1. The number of nitrogens with zero attached hydrogens (tertiary/aromatic N) is 1. The number of hydrogen-bond donors (Lipinski definition) is 1. The van der Waals surface area contributed by atoms with Crippen molar-refractivity contribution in [3.63, 3.8) is 0 Å². The summed E-state index contributed by atoms with van der Waals surface area (Å²) in [5.41, 5.74) is 7.22. The Bertz CT molecular complexity index is 542. The van der Waals surface area contributed by atoms with Crippen LogP contribution in [0.4, 0.5) is 4.39 Å². The first-order chi connectivity index (χ1) is 8.65. The van der Waals surface area contributed by atoms with Gasteiger partial charge in [-0.05, 0) is 18.2 Å². The number of hydrogen-bond acceptors (Lipinski definition) is 4. The monoisotopic (exact) mass is 266 g/mol. The molecule has 1 unspecified atom stereocenters. The molecule has 5 heteroatoms. The van der Waals surface area contributed by atoms with Crippen molar-refractivity contribution in [2.45, 2.75) is 12.8 Å². The maximum Gasteiger partial charge on any atom is 0.129 e. The molecule has 0 aliphatic carbocycles. The first-order valence-corrected chi connectivity index (χ1v) is 6.53. The van der Waals surface area contributed by atoms with Crippen molar-refractivity contribution in [1.82, 2.24) is 4.98 Å². The summed E-state index contributed by atoms with van der Waals surface area (Å²) in [4.78, 5) is 4.49. The molecule has 0 amide bonds. The molecular formula is C13H15FN2OS. The van der Waals surface area contributed by atoms with Crippen molar-refractivity contribution < 1.29 is 9.13 Å². The zero-order valence-electron chi connectivity index (χ0n) is 10.3. The lowest BCUT2D eigenvalue weighted by molar-refractivity contribution is 0.415. The third-order valence-corrected chi connectivity index (χ3v) is 3.67. The minimum Gasteiger partial charge on any atom is -0.496 e. The average Bonchev–Trinajstić information content (AvgIpc) is 2.87. The van der Waals surface area contributed by atoms with E-state index in [2.05, 4.69) is 4.98 Å². The molecule has 1 aromatic heterocycles. The molecule has 3 nitrogen and oxygen atoms in total. The number of rotatable bonds is 4. The molecule has 2 rings (SSSR count). The van der Waals surface area contributed by atoms with E-state index in [4.69, 9.17) is 10.5 Å². The molecule has 1 aromatic carbocycles. The van der Waals surface area contributed by atoms with Gasteiger partial charge in [0, 0.05) is 17.8 Å². The fourth-order valence-corrected chi connectivity index (χ4v) is 2.57. The van der Waals surface area contributed by atoms with E-state index in [0.717, 1.165) is 10.7 Å². The standard InChI is InChI=1S/C13H15FN2OS/c1-8(6-15)11-7-18-13(16-11)10-5-9(14)3-4-12(10)17-2/h3-5,7-8H,6,15H2,1-2H3. The summed E-state index contributed by atoms with van der Waals surface area (Å²) < 4.78 is 18.5. The zero-order valence-corrected chi connectivity index (χ0v) is 11.1. The number of aromatic nitrogens is 1. The molecule has 0 aliphatic heterocycles. The van der Waals surface area contributed by atoms with Crippen LogP contribution in [0, 0.1) is 5.82 Å². The molecule has 0 fully saturated rings. The normalized spacial score (nSPS) is 12.4. The predicted molar refractivity (Wildman–Crippen MR) is 71.5 cm³/mol. The quantitative estimate of drug-likeness (QED) is 0.925. The summed E-state index contributed by atoms with van der Waals surface area (Å²) in [7, 11) is 1.56. The third kappa shape index (κ3) is 2.52. The van der Waals surface area contributed by atoms with Crippen LogP contribution >= 0.6 is 11.3 Å². The minimum absolute atomic E-state index is 0.203. The fourth-order valence-electron chi connectivity index (χ4n) is 1.60. The van der Waals surface area contributed by atoms with E-state index in [1.807, 2.05) is 12.3 Å². The molecule has 0 aliphatic rings. The second kappa shape index (κ2) is 5.46. The van der Waals surface area contributed by atoms with E-state index < -0.39 is 0 Å². The maximum absolute atomic E-state index is 13.3. The first-order valence-electron chi connectivity index (χ1n) is 5.65. The summed E-state index contributed by atoms with van der Waals surface area (Å²) in [5.74, 6) is 0.529. The lowest BCUT2D eigenvalue weighted by atomic mass is 10.1. The van der Waals surface area contributed by atoms with Gasteiger partial charge in [-0.2, -0.15) is 0 Å². The molecule has 0 saturated heterocycles. The second-order valence-electron chi connectivity index (χ2n) is 4.06. The second-order valence-corrected chi connectivity index (χ2v) is 4.92. The van der Waals surface area contributed by atoms with Crippen LogP contribution in [0.3, 0.4) is 0 Å². The summed E-state index contributed by atoms with van der Waals surface area (Å²) in [6.07, 6.45) is 0. The van der Waals surface area contributed by atoms with E-state index in [9.17, 15) is 4.39 Å². The molecule has 2 aromatic rings. The molecule has 0 spiro atoms. The Morgan fingerprint density at radius 3 is 2.94 bits per heavy atom. The minimum atomic E-state index is -0.297. The van der Waals surface area contributed by atoms with E-state index in [-0.39, 0.29) is 11.7 Å². The van der Waals surface area contributed by atoms with E-state index >= 15 is 0 Å². The van der Waals surface area contributed by atoms with Crippen LogP contribution in [-0.4, -0.2) is 18.6 Å². The number of benzene rings is 1. The highest BCUT2D eigenvalue weighted by molar-refractivity contribution is 7.13. The van der Waals surface area contributed by atoms with Crippen LogP contribution in [0.1, 0.15) is 18.5 Å². The van der Waals surface area contributed by atoms with E-state index in [1.54, 1.807) is 13.2 Å². The Morgan fingerprint density at radius 1 is 1.50 bits per heavy atom. The molecule has 0 saturated carbocycles. The van der Waals surface area contributed by atoms with Gasteiger partial charge in [-0.25, -0.2) is 9.37 Å². The zero-order chi connectivity index (χ0) is 13.1. The van der Waals surface area contributed by atoms with Crippen molar-refractivity contribution in [1.29, 1.82) is 0 Å². The molecular weight excluding hydrogens is 251 g/mol. The van der Waals surface area contributed by atoms with Crippen molar-refractivity contribution in [3.8, 4) is 16.3 Å². The van der Waals surface area contributed by atoms with Crippen molar-refractivity contribution in [3.05, 3.63) is 35.1 Å². The lowest BCUT2D eigenvalue weighted by Crippen LogP contribution is -2.08. The molecule has 0 radical (unpaired) electrons. The van der Waals surface area contributed by atoms with Gasteiger partial charge in [0.05, 0.1) is 18.4 Å². The summed E-state index contributed by atoms with van der Waals surface area (Å²) in [6.45, 7) is 2.56. The predicted octanol–water partition coefficient (Wildman–Crippen LogP) is 3.02. The Morgan fingerprint density at radius 2 is 2.28 bits per heavy atom. The lowest BCUT2D eigenvalue weighted by Gasteiger charge is -2.06. The Balaban J connectivity index is 2.42. The van der Waals surface area contributed by atoms with Gasteiger partial charge >= 0.3 is 0 Å². The van der Waals surface area contributed by atoms with Crippen molar-refractivity contribution in [2.24, 2.45) is 5.73 Å². The highest BCUT2D eigenvalue weighted by Gasteiger charge is 2.13. The summed E-state index contributed by atoms with van der Waals surface area (Å²) in [6, 6.07) is 4.42. The number of thiazole rings is 1. The van der Waals surface area contributed by atoms with Gasteiger partial charge < -0.3 is 10.5 Å². The average molecular weight is 266 g/mol. The van der Waals surface area contributed by atoms with Crippen LogP contribution in [0.2, 0.25) is 0 Å². The van der Waals surface area contributed by atoms with Gasteiger partial charge in [-0.1, -0.05) is 6.92 Å². The Hall–Kier alpha value is -1.46. The van der Waals surface area contributed by atoms with Crippen LogP contribution in [-0.2, 0) is 0 Å². The Labute approximate surface area is 109 Å². The molecule has 96 valence electrons. The topological polar surface area (TPSA) is 48.1 Å². The molecule has 18 heavy (non-hydrogen) atoms. The first kappa shape index (κ1) is 13.0. The molecule has 0 bridgehead atoms. The molecule has 1 heterocycles. The summed E-state index contributed by atoms with van der Waals surface area (Å²) >= 11 is 1.47. The van der Waals surface area contributed by atoms with Crippen LogP contribution < -0.4 is 10.5 Å². The van der Waals surface area contributed by atoms with Crippen LogP contribution in [0.25, 0.3) is 10.6 Å². The van der Waals surface area contributed by atoms with Crippen LogP contribution in [0.15, 0.2) is 23.6 Å².